The highest BCUT2D eigenvalue weighted by molar-refractivity contribution is 5.85. The monoisotopic (exact) mass is 303 g/mol. The minimum Gasteiger partial charge on any atom is -0.481 e. The van der Waals surface area contributed by atoms with Crippen molar-refractivity contribution in [1.82, 2.24) is 0 Å². The molecular formula is C19H27O3+. The van der Waals surface area contributed by atoms with E-state index in [9.17, 15) is 14.7 Å². The Labute approximate surface area is 133 Å². The minimum absolute atomic E-state index is 0.00926. The standard InChI is InChI=1S/C19H26O3/c1-5-15(6-2)18(19(21)22)12-17(20)11-14-7-9-16(10-8-14)13(3)4/h5,7-10,13,15,18H,6,11-12H2,1-4H3/p+1. The number of carboxylic acids is 1. The molecule has 0 aliphatic heterocycles. The first-order valence-electron chi connectivity index (χ1n) is 8.01. The van der Waals surface area contributed by atoms with Gasteiger partial charge in [0.25, 0.3) is 0 Å². The van der Waals surface area contributed by atoms with E-state index in [1.54, 1.807) is 0 Å². The van der Waals surface area contributed by atoms with Gasteiger partial charge in [0.2, 0.25) is 0 Å². The Morgan fingerprint density at radius 3 is 2.18 bits per heavy atom. The van der Waals surface area contributed by atoms with Crippen molar-refractivity contribution in [1.29, 1.82) is 0 Å². The van der Waals surface area contributed by atoms with Crippen LogP contribution < -0.4 is 0 Å². The fraction of sp³-hybridized carbons (Fsp3) is 0.526. The van der Waals surface area contributed by atoms with Crippen LogP contribution in [0.4, 0.5) is 0 Å². The molecule has 0 amide bonds. The van der Waals surface area contributed by atoms with Gasteiger partial charge in [-0.3, -0.25) is 9.59 Å². The first-order chi connectivity index (χ1) is 10.4. The van der Waals surface area contributed by atoms with Crippen LogP contribution in [-0.4, -0.2) is 16.9 Å². The molecule has 0 saturated carbocycles. The summed E-state index contributed by atoms with van der Waals surface area (Å²) in [5.41, 5.74) is 2.19. The third-order valence-electron chi connectivity index (χ3n) is 4.23. The van der Waals surface area contributed by atoms with Crippen LogP contribution in [0.15, 0.2) is 24.3 Å². The maximum absolute atomic E-state index is 12.2. The van der Waals surface area contributed by atoms with E-state index in [0.717, 1.165) is 12.0 Å². The number of carbonyl (C=O) groups excluding carboxylic acids is 1. The molecule has 3 heteroatoms. The van der Waals surface area contributed by atoms with E-state index in [2.05, 4.69) is 13.8 Å². The number of aliphatic carboxylic acids is 1. The molecule has 0 heterocycles. The molecule has 1 N–H and O–H groups in total. The third kappa shape index (κ3) is 5.21. The number of ketones is 1. The van der Waals surface area contributed by atoms with Gasteiger partial charge in [-0.2, -0.15) is 0 Å². The first-order valence-corrected chi connectivity index (χ1v) is 8.01. The summed E-state index contributed by atoms with van der Waals surface area (Å²) >= 11 is 0. The molecule has 1 aromatic carbocycles. The van der Waals surface area contributed by atoms with E-state index >= 15 is 0 Å². The summed E-state index contributed by atoms with van der Waals surface area (Å²) in [6.07, 6.45) is 3.04. The van der Waals surface area contributed by atoms with Crippen molar-refractivity contribution < 1.29 is 14.7 Å². The summed E-state index contributed by atoms with van der Waals surface area (Å²) in [4.78, 5) is 23.6. The molecule has 0 aliphatic rings. The van der Waals surface area contributed by atoms with Crippen molar-refractivity contribution in [2.24, 2.45) is 11.8 Å². The fourth-order valence-corrected chi connectivity index (χ4v) is 2.74. The summed E-state index contributed by atoms with van der Waals surface area (Å²) < 4.78 is 0. The van der Waals surface area contributed by atoms with Crippen LogP contribution in [0, 0.1) is 18.3 Å². The van der Waals surface area contributed by atoms with E-state index in [0.29, 0.717) is 12.3 Å². The SMILES string of the molecule is C[CH+]C(CC)C(CC(=O)Cc1ccc(C(C)C)cc1)C(=O)O. The summed E-state index contributed by atoms with van der Waals surface area (Å²) in [6.45, 7) is 8.07. The predicted octanol–water partition coefficient (Wildman–Crippen LogP) is 4.26. The Morgan fingerprint density at radius 2 is 1.77 bits per heavy atom. The van der Waals surface area contributed by atoms with Crippen LogP contribution >= 0.6 is 0 Å². The predicted molar refractivity (Wildman–Crippen MR) is 88.7 cm³/mol. The maximum atomic E-state index is 12.2. The molecule has 2 unspecified atom stereocenters. The van der Waals surface area contributed by atoms with Crippen molar-refractivity contribution in [2.75, 3.05) is 0 Å². The Bertz CT molecular complexity index is 484. The van der Waals surface area contributed by atoms with Crippen LogP contribution in [0.5, 0.6) is 0 Å². The van der Waals surface area contributed by atoms with E-state index < -0.39 is 11.9 Å². The zero-order valence-electron chi connectivity index (χ0n) is 14.0. The quantitative estimate of drug-likeness (QED) is 0.693. The van der Waals surface area contributed by atoms with E-state index in [4.69, 9.17) is 0 Å². The molecule has 0 aromatic heterocycles. The van der Waals surface area contributed by atoms with Crippen molar-refractivity contribution in [3.05, 3.63) is 41.8 Å². The molecule has 0 spiro atoms. The molecule has 22 heavy (non-hydrogen) atoms. The van der Waals surface area contributed by atoms with Crippen LogP contribution in [0.1, 0.15) is 57.6 Å². The van der Waals surface area contributed by atoms with Crippen LogP contribution in [-0.2, 0) is 16.0 Å². The molecule has 2 atom stereocenters. The van der Waals surface area contributed by atoms with Crippen molar-refractivity contribution in [3.63, 3.8) is 0 Å². The summed E-state index contributed by atoms with van der Waals surface area (Å²) in [6, 6.07) is 8.01. The normalized spacial score (nSPS) is 13.7. The molecule has 0 bridgehead atoms. The number of carbonyl (C=O) groups is 2. The number of hydrogen-bond donors (Lipinski definition) is 1. The lowest BCUT2D eigenvalue weighted by molar-refractivity contribution is -0.145. The lowest BCUT2D eigenvalue weighted by atomic mass is 9.83. The van der Waals surface area contributed by atoms with Gasteiger partial charge in [0.05, 0.1) is 13.3 Å². The number of hydrogen-bond acceptors (Lipinski definition) is 2. The maximum Gasteiger partial charge on any atom is 0.311 e. The fourth-order valence-electron chi connectivity index (χ4n) is 2.74. The molecule has 0 radical (unpaired) electrons. The second-order valence-corrected chi connectivity index (χ2v) is 6.17. The van der Waals surface area contributed by atoms with Gasteiger partial charge in [0.1, 0.15) is 17.6 Å². The molecule has 120 valence electrons. The topological polar surface area (TPSA) is 54.4 Å². The van der Waals surface area contributed by atoms with Gasteiger partial charge in [-0.15, -0.1) is 0 Å². The van der Waals surface area contributed by atoms with Crippen molar-refractivity contribution in [3.8, 4) is 0 Å². The van der Waals surface area contributed by atoms with Gasteiger partial charge in [0.15, 0.2) is 0 Å². The molecule has 3 nitrogen and oxygen atoms in total. The highest BCUT2D eigenvalue weighted by Gasteiger charge is 2.33. The third-order valence-corrected chi connectivity index (χ3v) is 4.23. The molecule has 1 aromatic rings. The molecule has 1 rings (SSSR count). The number of benzene rings is 1. The Hall–Kier alpha value is -1.77. The highest BCUT2D eigenvalue weighted by Crippen LogP contribution is 2.24. The average Bonchev–Trinajstić information content (AvgIpc) is 2.47. The zero-order chi connectivity index (χ0) is 16.7. The van der Waals surface area contributed by atoms with Gasteiger partial charge in [-0.25, -0.2) is 0 Å². The summed E-state index contributed by atoms with van der Waals surface area (Å²) in [5, 5.41) is 9.35. The van der Waals surface area contributed by atoms with Crippen molar-refractivity contribution in [2.45, 2.75) is 52.9 Å². The summed E-state index contributed by atoms with van der Waals surface area (Å²) in [5.74, 6) is -1.09. The average molecular weight is 303 g/mol. The second-order valence-electron chi connectivity index (χ2n) is 6.17. The van der Waals surface area contributed by atoms with Crippen molar-refractivity contribution >= 4 is 11.8 Å². The zero-order valence-corrected chi connectivity index (χ0v) is 14.0. The van der Waals surface area contributed by atoms with Gasteiger partial charge in [-0.1, -0.05) is 45.0 Å². The highest BCUT2D eigenvalue weighted by atomic mass is 16.4. The van der Waals surface area contributed by atoms with E-state index in [-0.39, 0.29) is 18.1 Å². The Kier molecular flexibility index (Phi) is 7.16. The first kappa shape index (κ1) is 18.3. The van der Waals surface area contributed by atoms with Gasteiger partial charge >= 0.3 is 5.97 Å². The Morgan fingerprint density at radius 1 is 1.18 bits per heavy atom. The van der Waals surface area contributed by atoms with Gasteiger partial charge in [0, 0.05) is 12.8 Å². The molecule has 0 fully saturated rings. The lowest BCUT2D eigenvalue weighted by Crippen LogP contribution is -2.26. The smallest absolute Gasteiger partial charge is 0.311 e. The number of Topliss-reactive ketones (excluding diaryl/α,β-unsaturated/α-hetero) is 1. The summed E-state index contributed by atoms with van der Waals surface area (Å²) in [7, 11) is 0. The van der Waals surface area contributed by atoms with Crippen LogP contribution in [0.25, 0.3) is 0 Å². The molecular weight excluding hydrogens is 276 g/mol. The second kappa shape index (κ2) is 8.62. The largest absolute Gasteiger partial charge is 0.481 e. The van der Waals surface area contributed by atoms with Gasteiger partial charge < -0.3 is 5.11 Å². The lowest BCUT2D eigenvalue weighted by Gasteiger charge is -2.15. The minimum atomic E-state index is -0.881. The van der Waals surface area contributed by atoms with E-state index in [1.165, 1.54) is 5.56 Å². The molecule has 0 aliphatic carbocycles. The number of carboxylic acid groups (broad SMARTS) is 1. The number of rotatable bonds is 9. The molecule has 0 saturated heterocycles. The van der Waals surface area contributed by atoms with E-state index in [1.807, 2.05) is 44.5 Å². The van der Waals surface area contributed by atoms with Gasteiger partial charge in [-0.05, 0) is 23.5 Å². The Balaban J connectivity index is 2.69. The van der Waals surface area contributed by atoms with Crippen LogP contribution in [0.2, 0.25) is 0 Å². The van der Waals surface area contributed by atoms with Crippen LogP contribution in [0.3, 0.4) is 0 Å².